The molecule has 2 aromatic rings. The van der Waals surface area contributed by atoms with Crippen LogP contribution in [0.25, 0.3) is 0 Å². The molecule has 28 heavy (non-hydrogen) atoms. The Bertz CT molecular complexity index is 907. The minimum atomic E-state index is -0.0306. The van der Waals surface area contributed by atoms with E-state index in [0.717, 1.165) is 17.7 Å². The summed E-state index contributed by atoms with van der Waals surface area (Å²) in [5, 5.41) is 0. The third-order valence-electron chi connectivity index (χ3n) is 5.68. The standard InChI is InChI=1S/C21H22N2O4S/c24-20(15-5-6-16-17(11-15)27-13-26-16)22-7-9-23(10-8-22)21(25)19-12-14-3-1-2-4-18(14)28-19/h5-6,11-12H,1-4,7-10,13H2. The van der Waals surface area contributed by atoms with Gasteiger partial charge in [-0.1, -0.05) is 0 Å². The highest BCUT2D eigenvalue weighted by molar-refractivity contribution is 7.14. The number of carbonyl (C=O) groups is 2. The maximum atomic E-state index is 12.9. The van der Waals surface area contributed by atoms with Gasteiger partial charge >= 0.3 is 0 Å². The number of carbonyl (C=O) groups excluding carboxylic acids is 2. The first-order chi connectivity index (χ1) is 13.7. The summed E-state index contributed by atoms with van der Waals surface area (Å²) in [6.07, 6.45) is 4.64. The smallest absolute Gasteiger partial charge is 0.264 e. The molecule has 5 rings (SSSR count). The molecule has 0 bridgehead atoms. The summed E-state index contributed by atoms with van der Waals surface area (Å²) in [6.45, 7) is 2.42. The molecule has 0 unspecified atom stereocenters. The van der Waals surface area contributed by atoms with E-state index < -0.39 is 0 Å². The summed E-state index contributed by atoms with van der Waals surface area (Å²) in [5.41, 5.74) is 1.95. The highest BCUT2D eigenvalue weighted by atomic mass is 32.1. The SMILES string of the molecule is O=C(c1ccc2c(c1)OCO2)N1CCN(C(=O)c2cc3c(s2)CCCC3)CC1. The van der Waals surface area contributed by atoms with Crippen molar-refractivity contribution >= 4 is 23.2 Å². The second kappa shape index (κ2) is 7.13. The number of amides is 2. The number of thiophene rings is 1. The first-order valence-electron chi connectivity index (χ1n) is 9.79. The van der Waals surface area contributed by atoms with Crippen molar-refractivity contribution < 1.29 is 19.1 Å². The fourth-order valence-electron chi connectivity index (χ4n) is 4.08. The Morgan fingerprint density at radius 2 is 1.57 bits per heavy atom. The zero-order chi connectivity index (χ0) is 19.1. The molecular formula is C21H22N2O4S. The second-order valence-electron chi connectivity index (χ2n) is 7.42. The van der Waals surface area contributed by atoms with Gasteiger partial charge < -0.3 is 19.3 Å². The van der Waals surface area contributed by atoms with Crippen LogP contribution in [-0.2, 0) is 12.8 Å². The van der Waals surface area contributed by atoms with Gasteiger partial charge in [-0.3, -0.25) is 9.59 Å². The van der Waals surface area contributed by atoms with E-state index in [4.69, 9.17) is 9.47 Å². The molecule has 0 saturated carbocycles. The number of hydrogen-bond acceptors (Lipinski definition) is 5. The van der Waals surface area contributed by atoms with E-state index in [1.54, 1.807) is 34.4 Å². The molecule has 1 fully saturated rings. The van der Waals surface area contributed by atoms with E-state index in [0.29, 0.717) is 43.2 Å². The van der Waals surface area contributed by atoms with E-state index in [1.807, 2.05) is 4.90 Å². The summed E-state index contributed by atoms with van der Waals surface area (Å²) < 4.78 is 10.7. The molecule has 0 N–H and O–H groups in total. The first-order valence-corrected chi connectivity index (χ1v) is 10.6. The topological polar surface area (TPSA) is 59.1 Å². The molecular weight excluding hydrogens is 376 g/mol. The zero-order valence-electron chi connectivity index (χ0n) is 15.6. The van der Waals surface area contributed by atoms with Crippen molar-refractivity contribution in [3.63, 3.8) is 0 Å². The van der Waals surface area contributed by atoms with Crippen molar-refractivity contribution in [3.05, 3.63) is 45.1 Å². The van der Waals surface area contributed by atoms with E-state index in [-0.39, 0.29) is 18.6 Å². The van der Waals surface area contributed by atoms with Crippen LogP contribution in [0.15, 0.2) is 24.3 Å². The van der Waals surface area contributed by atoms with Crippen molar-refractivity contribution in [1.82, 2.24) is 9.80 Å². The molecule has 2 amide bonds. The Hall–Kier alpha value is -2.54. The fraction of sp³-hybridized carbons (Fsp3) is 0.429. The normalized spacial score (nSPS) is 18.1. The number of fused-ring (bicyclic) bond motifs is 2. The molecule has 1 saturated heterocycles. The Morgan fingerprint density at radius 1 is 0.857 bits per heavy atom. The summed E-state index contributed by atoms with van der Waals surface area (Å²) >= 11 is 1.65. The number of nitrogens with zero attached hydrogens (tertiary/aromatic N) is 2. The summed E-state index contributed by atoms with van der Waals surface area (Å²) in [4.78, 5) is 31.6. The van der Waals surface area contributed by atoms with Gasteiger partial charge in [-0.25, -0.2) is 0 Å². The van der Waals surface area contributed by atoms with Crippen LogP contribution in [0.5, 0.6) is 11.5 Å². The lowest BCUT2D eigenvalue weighted by Gasteiger charge is -2.34. The predicted octanol–water partition coefficient (Wildman–Crippen LogP) is 2.95. The Morgan fingerprint density at radius 3 is 2.36 bits per heavy atom. The van der Waals surface area contributed by atoms with E-state index in [2.05, 4.69) is 6.07 Å². The van der Waals surface area contributed by atoms with Gasteiger partial charge in [-0.15, -0.1) is 11.3 Å². The van der Waals surface area contributed by atoms with Gasteiger partial charge in [0.05, 0.1) is 4.88 Å². The Balaban J connectivity index is 1.23. The number of hydrogen-bond donors (Lipinski definition) is 0. The van der Waals surface area contributed by atoms with Gasteiger partial charge in [0.15, 0.2) is 11.5 Å². The molecule has 2 aliphatic heterocycles. The van der Waals surface area contributed by atoms with E-state index in [1.165, 1.54) is 23.3 Å². The van der Waals surface area contributed by atoms with Crippen LogP contribution >= 0.6 is 11.3 Å². The molecule has 7 heteroatoms. The van der Waals surface area contributed by atoms with Crippen molar-refractivity contribution in [1.29, 1.82) is 0 Å². The predicted molar refractivity (Wildman–Crippen MR) is 105 cm³/mol. The quantitative estimate of drug-likeness (QED) is 0.781. The molecule has 3 heterocycles. The van der Waals surface area contributed by atoms with Gasteiger partial charge in [0.25, 0.3) is 11.8 Å². The van der Waals surface area contributed by atoms with Crippen LogP contribution in [0.2, 0.25) is 0 Å². The summed E-state index contributed by atoms with van der Waals surface area (Å²) in [5.74, 6) is 1.36. The number of benzene rings is 1. The molecule has 1 aromatic heterocycles. The summed E-state index contributed by atoms with van der Waals surface area (Å²) in [7, 11) is 0. The van der Waals surface area contributed by atoms with Gasteiger partial charge in [0.2, 0.25) is 6.79 Å². The van der Waals surface area contributed by atoms with Crippen LogP contribution in [0.4, 0.5) is 0 Å². The van der Waals surface area contributed by atoms with Gasteiger partial charge in [0.1, 0.15) is 0 Å². The van der Waals surface area contributed by atoms with Gasteiger partial charge in [0, 0.05) is 36.6 Å². The molecule has 0 atom stereocenters. The molecule has 1 aliphatic carbocycles. The average molecular weight is 398 g/mol. The monoisotopic (exact) mass is 398 g/mol. The largest absolute Gasteiger partial charge is 0.454 e. The van der Waals surface area contributed by atoms with Crippen molar-refractivity contribution in [3.8, 4) is 11.5 Å². The minimum Gasteiger partial charge on any atom is -0.454 e. The van der Waals surface area contributed by atoms with E-state index >= 15 is 0 Å². The van der Waals surface area contributed by atoms with Crippen molar-refractivity contribution in [2.24, 2.45) is 0 Å². The third kappa shape index (κ3) is 3.13. The second-order valence-corrected chi connectivity index (χ2v) is 8.56. The highest BCUT2D eigenvalue weighted by Gasteiger charge is 2.28. The molecule has 0 radical (unpaired) electrons. The van der Waals surface area contributed by atoms with Crippen LogP contribution < -0.4 is 9.47 Å². The molecule has 146 valence electrons. The summed E-state index contributed by atoms with van der Waals surface area (Å²) in [6, 6.07) is 7.36. The van der Waals surface area contributed by atoms with Crippen molar-refractivity contribution in [2.45, 2.75) is 25.7 Å². The lowest BCUT2D eigenvalue weighted by molar-refractivity contribution is 0.0538. The number of ether oxygens (including phenoxy) is 2. The maximum absolute atomic E-state index is 12.9. The van der Waals surface area contributed by atoms with Crippen LogP contribution in [0, 0.1) is 0 Å². The molecule has 6 nitrogen and oxygen atoms in total. The van der Waals surface area contributed by atoms with Gasteiger partial charge in [-0.05, 0) is 55.5 Å². The van der Waals surface area contributed by atoms with Crippen molar-refractivity contribution in [2.75, 3.05) is 33.0 Å². The number of aryl methyl sites for hydroxylation is 2. The maximum Gasteiger partial charge on any atom is 0.264 e. The van der Waals surface area contributed by atoms with E-state index in [9.17, 15) is 9.59 Å². The Kier molecular flexibility index (Phi) is 4.47. The first kappa shape index (κ1) is 17.6. The zero-order valence-corrected chi connectivity index (χ0v) is 16.4. The minimum absolute atomic E-state index is 0.0306. The van der Waals surface area contributed by atoms with Gasteiger partial charge in [-0.2, -0.15) is 0 Å². The molecule has 3 aliphatic rings. The number of rotatable bonds is 2. The van der Waals surface area contributed by atoms with Crippen LogP contribution in [0.1, 0.15) is 43.3 Å². The number of piperazine rings is 1. The fourth-order valence-corrected chi connectivity index (χ4v) is 5.30. The molecule has 1 aromatic carbocycles. The van der Waals surface area contributed by atoms with Crippen LogP contribution in [-0.4, -0.2) is 54.6 Å². The third-order valence-corrected chi connectivity index (χ3v) is 6.91. The lowest BCUT2D eigenvalue weighted by Crippen LogP contribution is -2.50. The highest BCUT2D eigenvalue weighted by Crippen LogP contribution is 2.33. The lowest BCUT2D eigenvalue weighted by atomic mass is 9.99. The molecule has 0 spiro atoms. The Labute approximate surface area is 167 Å². The van der Waals surface area contributed by atoms with Crippen LogP contribution in [0.3, 0.4) is 0 Å². The average Bonchev–Trinajstić information content (AvgIpc) is 3.39.